The molecule has 20 heavy (non-hydrogen) atoms. The summed E-state index contributed by atoms with van der Waals surface area (Å²) in [6.45, 7) is 11.2. The van der Waals surface area contributed by atoms with Crippen molar-refractivity contribution in [2.45, 2.75) is 63.8 Å². The van der Waals surface area contributed by atoms with Crippen LogP contribution in [0, 0.1) is 11.8 Å². The molecular weight excluding hydrogens is 268 g/mol. The molecule has 0 aromatic carbocycles. The van der Waals surface area contributed by atoms with Gasteiger partial charge in [-0.15, -0.1) is 0 Å². The first-order valence-corrected chi connectivity index (χ1v) is 10.5. The monoisotopic (exact) mass is 296 g/mol. The number of rotatable bonds is 3. The Morgan fingerprint density at radius 1 is 1.35 bits per heavy atom. The van der Waals surface area contributed by atoms with Crippen LogP contribution in [0.15, 0.2) is 12.2 Å². The van der Waals surface area contributed by atoms with E-state index in [0.29, 0.717) is 5.92 Å². The predicted octanol–water partition coefficient (Wildman–Crippen LogP) is 3.91. The van der Waals surface area contributed by atoms with E-state index in [-0.39, 0.29) is 16.9 Å². The van der Waals surface area contributed by atoms with Crippen LogP contribution in [-0.2, 0) is 14.0 Å². The third-order valence-electron chi connectivity index (χ3n) is 5.42. The maximum Gasteiger partial charge on any atom is 0.311 e. The van der Waals surface area contributed by atoms with Crippen LogP contribution in [0.2, 0.25) is 18.1 Å². The van der Waals surface area contributed by atoms with Gasteiger partial charge in [0.1, 0.15) is 0 Å². The van der Waals surface area contributed by atoms with Gasteiger partial charge in [-0.3, -0.25) is 4.79 Å². The lowest BCUT2D eigenvalue weighted by Gasteiger charge is -2.52. The molecule has 3 aliphatic rings. The van der Waals surface area contributed by atoms with Crippen LogP contribution in [0.5, 0.6) is 0 Å². The smallest absolute Gasteiger partial charge is 0.311 e. The molecule has 0 N–H and O–H groups in total. The average molecular weight is 296 g/mol. The summed E-state index contributed by atoms with van der Waals surface area (Å²) >= 11 is 0. The second kappa shape index (κ2) is 4.99. The predicted molar refractivity (Wildman–Crippen MR) is 83.0 cm³/mol. The van der Waals surface area contributed by atoms with Crippen LogP contribution < -0.4 is 0 Å². The second-order valence-corrected chi connectivity index (χ2v) is 12.5. The first-order valence-electron chi connectivity index (χ1n) is 7.59. The highest BCUT2D eigenvalue weighted by molar-refractivity contribution is 6.74. The Balaban J connectivity index is 2.32. The lowest BCUT2D eigenvalue weighted by Crippen LogP contribution is -2.57. The molecule has 0 unspecified atom stereocenters. The molecule has 1 fully saturated rings. The quantitative estimate of drug-likeness (QED) is 0.450. The summed E-state index contributed by atoms with van der Waals surface area (Å²) in [5.41, 5.74) is -0.426. The van der Waals surface area contributed by atoms with Gasteiger partial charge in [-0.25, -0.2) is 0 Å². The Bertz CT molecular complexity index is 422. The van der Waals surface area contributed by atoms with Crippen LogP contribution in [0.1, 0.15) is 40.0 Å². The second-order valence-electron chi connectivity index (χ2n) is 7.79. The molecule has 2 bridgehead atoms. The van der Waals surface area contributed by atoms with Crippen molar-refractivity contribution >= 4 is 14.3 Å². The summed E-state index contributed by atoms with van der Waals surface area (Å²) in [5.74, 6) is 0.270. The van der Waals surface area contributed by atoms with Crippen molar-refractivity contribution in [3.63, 3.8) is 0 Å². The van der Waals surface area contributed by atoms with Crippen molar-refractivity contribution in [2.24, 2.45) is 11.8 Å². The number of ether oxygens (including phenoxy) is 1. The molecule has 0 aromatic heterocycles. The normalized spacial score (nSPS) is 33.3. The van der Waals surface area contributed by atoms with Gasteiger partial charge in [0.25, 0.3) is 0 Å². The number of carbonyl (C=O) groups excluding carboxylic acids is 1. The molecule has 0 amide bonds. The number of methoxy groups -OCH3 is 1. The summed E-state index contributed by atoms with van der Waals surface area (Å²) in [4.78, 5) is 12.2. The SMILES string of the molecule is COC(=O)[C@H]1C[C@H]2C=C[C@]1(O[Si](C)(C)C(C)(C)C)CC2. The lowest BCUT2D eigenvalue weighted by molar-refractivity contribution is -0.156. The van der Waals surface area contributed by atoms with E-state index in [2.05, 4.69) is 46.0 Å². The molecule has 3 atom stereocenters. The number of hydrogen-bond donors (Lipinski definition) is 0. The van der Waals surface area contributed by atoms with Gasteiger partial charge in [0.15, 0.2) is 8.32 Å². The maximum atomic E-state index is 12.2. The number of esters is 1. The van der Waals surface area contributed by atoms with Crippen molar-refractivity contribution in [3.05, 3.63) is 12.2 Å². The van der Waals surface area contributed by atoms with Gasteiger partial charge >= 0.3 is 5.97 Å². The molecule has 0 aliphatic heterocycles. The number of carbonyl (C=O) groups is 1. The molecule has 3 nitrogen and oxygen atoms in total. The first-order chi connectivity index (χ1) is 9.11. The molecule has 0 spiro atoms. The highest BCUT2D eigenvalue weighted by atomic mass is 28.4. The molecule has 3 aliphatic carbocycles. The summed E-state index contributed by atoms with van der Waals surface area (Å²) in [6.07, 6.45) is 7.35. The molecule has 3 rings (SSSR count). The zero-order valence-electron chi connectivity index (χ0n) is 13.7. The first kappa shape index (κ1) is 15.8. The summed E-state index contributed by atoms with van der Waals surface area (Å²) in [5, 5.41) is 0.143. The maximum absolute atomic E-state index is 12.2. The lowest BCUT2D eigenvalue weighted by atomic mass is 9.66. The van der Waals surface area contributed by atoms with Crippen LogP contribution in [0.3, 0.4) is 0 Å². The third kappa shape index (κ3) is 2.60. The third-order valence-corrected chi connectivity index (χ3v) is 9.92. The fourth-order valence-electron chi connectivity index (χ4n) is 3.10. The van der Waals surface area contributed by atoms with Gasteiger partial charge in [-0.1, -0.05) is 32.9 Å². The van der Waals surface area contributed by atoms with Crippen LogP contribution >= 0.6 is 0 Å². The van der Waals surface area contributed by atoms with E-state index in [1.54, 1.807) is 0 Å². The van der Waals surface area contributed by atoms with Crippen molar-refractivity contribution in [1.29, 1.82) is 0 Å². The fraction of sp³-hybridized carbons (Fsp3) is 0.812. The van der Waals surface area contributed by atoms with E-state index in [0.717, 1.165) is 19.3 Å². The van der Waals surface area contributed by atoms with Crippen LogP contribution in [-0.4, -0.2) is 27.0 Å². The van der Waals surface area contributed by atoms with E-state index in [9.17, 15) is 4.79 Å². The Hall–Kier alpha value is -0.613. The minimum Gasteiger partial charge on any atom is -0.469 e. The minimum absolute atomic E-state index is 0.113. The Kier molecular flexibility index (Phi) is 3.93. The van der Waals surface area contributed by atoms with Gasteiger partial charge in [-0.2, -0.15) is 0 Å². The summed E-state index contributed by atoms with van der Waals surface area (Å²) in [6, 6.07) is 0. The average Bonchev–Trinajstić information content (AvgIpc) is 2.36. The van der Waals surface area contributed by atoms with E-state index in [4.69, 9.17) is 9.16 Å². The Morgan fingerprint density at radius 2 is 2.00 bits per heavy atom. The molecule has 0 saturated heterocycles. The minimum atomic E-state index is -1.92. The number of allylic oxidation sites excluding steroid dienone is 1. The number of hydrogen-bond acceptors (Lipinski definition) is 3. The standard InChI is InChI=1S/C16H28O3Si/c1-15(2,3)20(5,6)19-16-9-7-12(8-10-16)11-13(16)14(17)18-4/h7,9,12-13H,8,10-11H2,1-6H3/t12-,13+,16-/m0/s1. The van der Waals surface area contributed by atoms with Gasteiger partial charge < -0.3 is 9.16 Å². The molecule has 4 heteroatoms. The van der Waals surface area contributed by atoms with E-state index in [1.807, 2.05) is 0 Å². The highest BCUT2D eigenvalue weighted by Gasteiger charge is 2.53. The zero-order chi connectivity index (χ0) is 15.2. The molecule has 0 heterocycles. The van der Waals surface area contributed by atoms with Crippen molar-refractivity contribution in [2.75, 3.05) is 7.11 Å². The van der Waals surface area contributed by atoms with Crippen molar-refractivity contribution in [3.8, 4) is 0 Å². The van der Waals surface area contributed by atoms with E-state index in [1.165, 1.54) is 7.11 Å². The van der Waals surface area contributed by atoms with Gasteiger partial charge in [0.2, 0.25) is 0 Å². The number of fused-ring (bicyclic) bond motifs is 2. The topological polar surface area (TPSA) is 35.5 Å². The van der Waals surface area contributed by atoms with Crippen molar-refractivity contribution < 1.29 is 14.0 Å². The zero-order valence-corrected chi connectivity index (χ0v) is 14.7. The van der Waals surface area contributed by atoms with Crippen molar-refractivity contribution in [1.82, 2.24) is 0 Å². The molecule has 114 valence electrons. The van der Waals surface area contributed by atoms with Crippen LogP contribution in [0.25, 0.3) is 0 Å². The fourth-order valence-corrected chi connectivity index (χ4v) is 4.67. The van der Waals surface area contributed by atoms with E-state index < -0.39 is 13.9 Å². The Labute approximate surface area is 123 Å². The van der Waals surface area contributed by atoms with Crippen LogP contribution in [0.4, 0.5) is 0 Å². The molecule has 0 aromatic rings. The van der Waals surface area contributed by atoms with Gasteiger partial charge in [-0.05, 0) is 43.3 Å². The Morgan fingerprint density at radius 3 is 2.45 bits per heavy atom. The molecule has 1 saturated carbocycles. The summed E-state index contributed by atoms with van der Waals surface area (Å²) in [7, 11) is -0.440. The van der Waals surface area contributed by atoms with Gasteiger partial charge in [0, 0.05) is 0 Å². The molecular formula is C16H28O3Si. The summed E-state index contributed by atoms with van der Waals surface area (Å²) < 4.78 is 11.7. The van der Waals surface area contributed by atoms with Gasteiger partial charge in [0.05, 0.1) is 18.6 Å². The molecule has 0 radical (unpaired) electrons. The highest BCUT2D eigenvalue weighted by Crippen LogP contribution is 2.50. The van der Waals surface area contributed by atoms with E-state index >= 15 is 0 Å². The largest absolute Gasteiger partial charge is 0.469 e.